The molecule has 0 aliphatic heterocycles. The van der Waals surface area contributed by atoms with E-state index in [0.29, 0.717) is 23.7 Å². The van der Waals surface area contributed by atoms with Crippen LogP contribution in [0.5, 0.6) is 0 Å². The second-order valence-electron chi connectivity index (χ2n) is 19.1. The van der Waals surface area contributed by atoms with Gasteiger partial charge < -0.3 is 0 Å². The van der Waals surface area contributed by atoms with Crippen molar-refractivity contribution in [3.05, 3.63) is 129 Å². The first-order valence-electron chi connectivity index (χ1n) is 22.5. The van der Waals surface area contributed by atoms with Gasteiger partial charge in [0.05, 0.1) is 0 Å². The van der Waals surface area contributed by atoms with Crippen molar-refractivity contribution in [1.29, 1.82) is 0 Å². The molecular formula is C52H66BCl2HfN2O2. The maximum atomic E-state index is 13.9. The molecule has 2 atom stereocenters. The molecular weight excluding hydrogens is 945 g/mol. The number of amides is 2. The summed E-state index contributed by atoms with van der Waals surface area (Å²) in [5, 5.41) is 6.68. The Balaban J connectivity index is 1.72. The van der Waals surface area contributed by atoms with Gasteiger partial charge in [0.1, 0.15) is 0 Å². The zero-order valence-corrected chi connectivity index (χ0v) is 42.7. The number of carbonyl (C=O) groups is 2. The van der Waals surface area contributed by atoms with Crippen LogP contribution in [0.25, 0.3) is 34.4 Å². The summed E-state index contributed by atoms with van der Waals surface area (Å²) in [6, 6.07) is 30.7. The van der Waals surface area contributed by atoms with Crippen molar-refractivity contribution in [3.8, 4) is 22.3 Å². The number of nitrogens with one attached hydrogen (secondary N) is 2. The van der Waals surface area contributed by atoms with Crippen LogP contribution in [0.1, 0.15) is 136 Å². The van der Waals surface area contributed by atoms with Crippen LogP contribution in [0.2, 0.25) is 0 Å². The number of rotatable bonds is 17. The molecule has 317 valence electrons. The van der Waals surface area contributed by atoms with Crippen LogP contribution in [0.3, 0.4) is 0 Å². The van der Waals surface area contributed by atoms with E-state index >= 15 is 0 Å². The summed E-state index contributed by atoms with van der Waals surface area (Å²) in [6.07, 6.45) is 8.70. The van der Waals surface area contributed by atoms with Crippen molar-refractivity contribution < 1.29 is 25.5 Å². The van der Waals surface area contributed by atoms with E-state index in [9.17, 15) is 9.59 Å². The Labute approximate surface area is 369 Å². The van der Waals surface area contributed by atoms with Crippen LogP contribution in [0.15, 0.2) is 96.1 Å². The molecule has 0 heterocycles. The van der Waals surface area contributed by atoms with E-state index in [4.69, 9.17) is 17.2 Å². The van der Waals surface area contributed by atoms with Gasteiger partial charge in [0, 0.05) is 0 Å². The zero-order chi connectivity index (χ0) is 43.5. The molecule has 2 aliphatic rings. The Hall–Kier alpha value is -3.18. The van der Waals surface area contributed by atoms with E-state index in [1.54, 1.807) is 0 Å². The number of halogens is 2. The number of carbonyl (C=O) groups excluding carboxylic acids is 2. The van der Waals surface area contributed by atoms with Crippen LogP contribution in [0, 0.1) is 23.7 Å². The van der Waals surface area contributed by atoms with Crippen LogP contribution < -0.4 is 10.5 Å². The van der Waals surface area contributed by atoms with Crippen molar-refractivity contribution >= 4 is 45.7 Å². The standard InChI is InChI=1S/2C23H27.C6H11BN2O2.2ClH.Hf/c2*1-16(2)12-18-14-20-9-7-11-22(23(20)15-18)21-10-6-5-8-19(21)13-17(3)4;1-3-5(10)8-7-9-6(11)4-2;;;/h2*5-11,14-17H,12-13H2,1-4H3;3-4H2,1-2H3,(H-,8,9,10,11);2*1H;/q;;;;;+1/p-1. The summed E-state index contributed by atoms with van der Waals surface area (Å²) in [4.78, 5) is 27.8. The van der Waals surface area contributed by atoms with Crippen LogP contribution in [0.4, 0.5) is 0 Å². The van der Waals surface area contributed by atoms with Gasteiger partial charge in [-0.1, -0.05) is 0 Å². The SMILES string of the molecule is CCC(=O)N[B](NC(=O)CC)[Hf]([Cl])([Cl])([CH]1C(CC(C)C)=Cc2c(-c3ccccc3CC(C)C)cccc21)[CH]1C(CC(C)C)=Cc2c(-c3ccccc3CC(C)C)cccc21. The number of hydrogen-bond donors (Lipinski definition) is 2. The van der Waals surface area contributed by atoms with Gasteiger partial charge >= 0.3 is 372 Å². The molecule has 0 bridgehead atoms. The first-order valence-corrected chi connectivity index (χ1v) is 37.6. The zero-order valence-electron chi connectivity index (χ0n) is 37.6. The summed E-state index contributed by atoms with van der Waals surface area (Å²) in [5.74, 6) is 1.21. The van der Waals surface area contributed by atoms with E-state index in [0.717, 1.165) is 47.9 Å². The second-order valence-corrected chi connectivity index (χ2v) is 49.6. The van der Waals surface area contributed by atoms with Gasteiger partial charge in [-0.2, -0.15) is 0 Å². The average Bonchev–Trinajstić information content (AvgIpc) is 3.76. The average molecular weight is 1010 g/mol. The monoisotopic (exact) mass is 1010 g/mol. The third-order valence-corrected chi connectivity index (χ3v) is 40.9. The van der Waals surface area contributed by atoms with E-state index in [1.807, 2.05) is 13.8 Å². The van der Waals surface area contributed by atoms with Gasteiger partial charge in [-0.3, -0.25) is 0 Å². The molecule has 60 heavy (non-hydrogen) atoms. The first kappa shape index (κ1) is 46.3. The van der Waals surface area contributed by atoms with Gasteiger partial charge in [-0.25, -0.2) is 0 Å². The van der Waals surface area contributed by atoms with Gasteiger partial charge in [0.2, 0.25) is 0 Å². The predicted octanol–water partition coefficient (Wildman–Crippen LogP) is 14.1. The molecule has 0 fully saturated rings. The Kier molecular flexibility index (Phi) is 14.7. The number of fused-ring (bicyclic) bond motifs is 2. The molecule has 0 saturated carbocycles. The van der Waals surface area contributed by atoms with E-state index in [2.05, 4.69) is 163 Å². The van der Waals surface area contributed by atoms with E-state index in [1.165, 1.54) is 44.5 Å². The van der Waals surface area contributed by atoms with Crippen molar-refractivity contribution in [2.24, 2.45) is 23.7 Å². The summed E-state index contributed by atoms with van der Waals surface area (Å²) < 4.78 is -1.75. The van der Waals surface area contributed by atoms with Gasteiger partial charge in [0.15, 0.2) is 0 Å². The predicted molar refractivity (Wildman–Crippen MR) is 256 cm³/mol. The van der Waals surface area contributed by atoms with Crippen molar-refractivity contribution in [2.75, 3.05) is 0 Å². The summed E-state index contributed by atoms with van der Waals surface area (Å²) >= 11 is -6.26. The normalized spacial score (nSPS) is 16.7. The van der Waals surface area contributed by atoms with Gasteiger partial charge in [-0.15, -0.1) is 0 Å². The van der Waals surface area contributed by atoms with Crippen LogP contribution >= 0.6 is 17.2 Å². The fraction of sp³-hybridized carbons (Fsp3) is 0.423. The maximum absolute atomic E-state index is 13.9. The minimum absolute atomic E-state index is 0.186. The third kappa shape index (κ3) is 9.28. The fourth-order valence-electron chi connectivity index (χ4n) is 10.1. The first-order chi connectivity index (χ1) is 28.5. The van der Waals surface area contributed by atoms with E-state index in [-0.39, 0.29) is 24.7 Å². The fourth-order valence-corrected chi connectivity index (χ4v) is 39.7. The molecule has 0 aromatic heterocycles. The second kappa shape index (κ2) is 19.1. The molecule has 2 N–H and O–H groups in total. The van der Waals surface area contributed by atoms with E-state index < -0.39 is 27.8 Å². The molecule has 8 heteroatoms. The molecule has 4 aromatic rings. The quantitative estimate of drug-likeness (QED) is 0.104. The Bertz CT molecular complexity index is 2140. The number of allylic oxidation sites excluding steroid dienone is 2. The van der Waals surface area contributed by atoms with Crippen LogP contribution in [-0.2, 0) is 38.3 Å². The summed E-state index contributed by atoms with van der Waals surface area (Å²) in [5.41, 5.74) is 14.2. The Morgan fingerprint density at radius 3 is 1.23 bits per heavy atom. The topological polar surface area (TPSA) is 58.2 Å². The Morgan fingerprint density at radius 1 is 0.533 bits per heavy atom. The van der Waals surface area contributed by atoms with Gasteiger partial charge in [-0.05, 0) is 0 Å². The van der Waals surface area contributed by atoms with Gasteiger partial charge in [0.25, 0.3) is 0 Å². The molecule has 6 rings (SSSR count). The molecule has 2 amide bonds. The van der Waals surface area contributed by atoms with Crippen molar-refractivity contribution in [1.82, 2.24) is 10.5 Å². The minimum atomic E-state index is -6.26. The van der Waals surface area contributed by atoms with Crippen molar-refractivity contribution in [3.63, 3.8) is 0 Å². The number of hydrogen-bond acceptors (Lipinski definition) is 2. The molecule has 4 aromatic carbocycles. The third-order valence-electron chi connectivity index (χ3n) is 12.4. The number of benzene rings is 4. The molecule has 4 nitrogen and oxygen atoms in total. The molecule has 0 radical (unpaired) electrons. The van der Waals surface area contributed by atoms with Crippen molar-refractivity contribution in [2.45, 2.75) is 115 Å². The summed E-state index contributed by atoms with van der Waals surface area (Å²) in [7, 11) is 18.1. The van der Waals surface area contributed by atoms with Crippen LogP contribution in [-0.4, -0.2) is 16.4 Å². The Morgan fingerprint density at radius 2 is 0.883 bits per heavy atom. The molecule has 2 aliphatic carbocycles. The molecule has 0 saturated heterocycles. The molecule has 0 spiro atoms. The molecule has 2 unspecified atom stereocenters. The summed E-state index contributed by atoms with van der Waals surface area (Å²) in [6.45, 7) is 21.7.